The molecule has 0 fully saturated rings. The molecule has 1 atom stereocenters. The van der Waals surface area contributed by atoms with E-state index in [1.54, 1.807) is 7.11 Å². The number of ether oxygens (including phenoxy) is 2. The molecule has 2 N–H and O–H groups in total. The molecule has 0 amide bonds. The van der Waals surface area contributed by atoms with Crippen molar-refractivity contribution in [2.24, 2.45) is 5.73 Å². The van der Waals surface area contributed by atoms with Gasteiger partial charge < -0.3 is 15.2 Å². The SMILES string of the molecule is COc1ccc(CC(N)CCOc2ccc(Br)cc2)cc1. The highest BCUT2D eigenvalue weighted by atomic mass is 79.9. The van der Waals surface area contributed by atoms with E-state index in [0.717, 1.165) is 28.8 Å². The maximum Gasteiger partial charge on any atom is 0.119 e. The summed E-state index contributed by atoms with van der Waals surface area (Å²) in [6.07, 6.45) is 1.66. The molecule has 0 aliphatic carbocycles. The second-order valence-corrected chi connectivity index (χ2v) is 5.82. The summed E-state index contributed by atoms with van der Waals surface area (Å²) in [6, 6.07) is 15.9. The summed E-state index contributed by atoms with van der Waals surface area (Å²) >= 11 is 3.40. The lowest BCUT2D eigenvalue weighted by molar-refractivity contribution is 0.297. The minimum atomic E-state index is 0.0915. The molecule has 0 bridgehead atoms. The Bertz CT molecular complexity index is 540. The molecule has 0 spiro atoms. The third kappa shape index (κ3) is 5.40. The maximum absolute atomic E-state index is 6.15. The Morgan fingerprint density at radius 2 is 1.62 bits per heavy atom. The molecule has 21 heavy (non-hydrogen) atoms. The van der Waals surface area contributed by atoms with E-state index in [2.05, 4.69) is 15.9 Å². The normalized spacial score (nSPS) is 12.0. The topological polar surface area (TPSA) is 44.5 Å². The standard InChI is InChI=1S/C17H20BrNO2/c1-20-16-6-2-13(3-7-16)12-15(19)10-11-21-17-8-4-14(18)5-9-17/h2-9,15H,10-12,19H2,1H3. The molecule has 0 aliphatic heterocycles. The minimum absolute atomic E-state index is 0.0915. The Hall–Kier alpha value is -1.52. The molecular formula is C17H20BrNO2. The van der Waals surface area contributed by atoms with Gasteiger partial charge in [0.1, 0.15) is 11.5 Å². The van der Waals surface area contributed by atoms with Crippen LogP contribution in [0.5, 0.6) is 11.5 Å². The molecular weight excluding hydrogens is 330 g/mol. The highest BCUT2D eigenvalue weighted by Crippen LogP contribution is 2.17. The van der Waals surface area contributed by atoms with E-state index < -0.39 is 0 Å². The summed E-state index contributed by atoms with van der Waals surface area (Å²) < 4.78 is 11.9. The summed E-state index contributed by atoms with van der Waals surface area (Å²) in [7, 11) is 1.67. The van der Waals surface area contributed by atoms with Gasteiger partial charge in [0, 0.05) is 10.5 Å². The number of benzene rings is 2. The Kier molecular flexibility index (Phi) is 6.08. The van der Waals surface area contributed by atoms with E-state index >= 15 is 0 Å². The first kappa shape index (κ1) is 15.9. The zero-order valence-electron chi connectivity index (χ0n) is 12.1. The third-order valence-corrected chi connectivity index (χ3v) is 3.76. The van der Waals surface area contributed by atoms with E-state index in [1.807, 2.05) is 48.5 Å². The highest BCUT2D eigenvalue weighted by molar-refractivity contribution is 9.10. The number of hydrogen-bond acceptors (Lipinski definition) is 3. The van der Waals surface area contributed by atoms with Crippen LogP contribution in [0.3, 0.4) is 0 Å². The Labute approximate surface area is 134 Å². The molecule has 0 saturated heterocycles. The second-order valence-electron chi connectivity index (χ2n) is 4.90. The number of methoxy groups -OCH3 is 1. The number of hydrogen-bond donors (Lipinski definition) is 1. The molecule has 0 radical (unpaired) electrons. The van der Waals surface area contributed by atoms with Crippen molar-refractivity contribution in [1.29, 1.82) is 0 Å². The molecule has 2 aromatic rings. The third-order valence-electron chi connectivity index (χ3n) is 3.23. The van der Waals surface area contributed by atoms with Gasteiger partial charge in [-0.3, -0.25) is 0 Å². The van der Waals surface area contributed by atoms with E-state index in [1.165, 1.54) is 5.56 Å². The zero-order chi connectivity index (χ0) is 15.1. The zero-order valence-corrected chi connectivity index (χ0v) is 13.7. The fraction of sp³-hybridized carbons (Fsp3) is 0.294. The molecule has 4 heteroatoms. The number of rotatable bonds is 7. The lowest BCUT2D eigenvalue weighted by Crippen LogP contribution is -2.25. The van der Waals surface area contributed by atoms with Crippen LogP contribution in [0.4, 0.5) is 0 Å². The monoisotopic (exact) mass is 349 g/mol. The maximum atomic E-state index is 6.15. The molecule has 2 rings (SSSR count). The Morgan fingerprint density at radius 1 is 1.00 bits per heavy atom. The summed E-state index contributed by atoms with van der Waals surface area (Å²) in [5, 5.41) is 0. The van der Waals surface area contributed by atoms with E-state index in [0.29, 0.717) is 6.61 Å². The minimum Gasteiger partial charge on any atom is -0.497 e. The van der Waals surface area contributed by atoms with Crippen LogP contribution in [-0.4, -0.2) is 19.8 Å². The summed E-state index contributed by atoms with van der Waals surface area (Å²) in [5.41, 5.74) is 7.36. The number of halogens is 1. The lowest BCUT2D eigenvalue weighted by atomic mass is 10.0. The van der Waals surface area contributed by atoms with Crippen molar-refractivity contribution < 1.29 is 9.47 Å². The van der Waals surface area contributed by atoms with Crippen LogP contribution in [0.2, 0.25) is 0 Å². The number of nitrogens with two attached hydrogens (primary N) is 1. The van der Waals surface area contributed by atoms with Crippen LogP contribution in [0.15, 0.2) is 53.0 Å². The van der Waals surface area contributed by atoms with E-state index in [9.17, 15) is 0 Å². The van der Waals surface area contributed by atoms with Gasteiger partial charge in [0.15, 0.2) is 0 Å². The van der Waals surface area contributed by atoms with E-state index in [4.69, 9.17) is 15.2 Å². The fourth-order valence-electron chi connectivity index (χ4n) is 2.03. The van der Waals surface area contributed by atoms with Crippen LogP contribution in [0, 0.1) is 0 Å². The summed E-state index contributed by atoms with van der Waals surface area (Å²) in [5.74, 6) is 1.74. The lowest BCUT2D eigenvalue weighted by Gasteiger charge is -2.13. The molecule has 0 aliphatic rings. The van der Waals surface area contributed by atoms with Gasteiger partial charge in [-0.05, 0) is 54.8 Å². The van der Waals surface area contributed by atoms with Crippen LogP contribution < -0.4 is 15.2 Å². The molecule has 3 nitrogen and oxygen atoms in total. The molecule has 2 aromatic carbocycles. The first-order valence-corrected chi connectivity index (χ1v) is 7.73. The average molecular weight is 350 g/mol. The van der Waals surface area contributed by atoms with Gasteiger partial charge in [0.05, 0.1) is 13.7 Å². The van der Waals surface area contributed by atoms with Gasteiger partial charge in [-0.25, -0.2) is 0 Å². The van der Waals surface area contributed by atoms with E-state index in [-0.39, 0.29) is 6.04 Å². The van der Waals surface area contributed by atoms with Gasteiger partial charge in [0.25, 0.3) is 0 Å². The van der Waals surface area contributed by atoms with Crippen molar-refractivity contribution in [3.05, 3.63) is 58.6 Å². The highest BCUT2D eigenvalue weighted by Gasteiger charge is 2.05. The summed E-state index contributed by atoms with van der Waals surface area (Å²) in [4.78, 5) is 0. The Morgan fingerprint density at radius 3 is 2.24 bits per heavy atom. The van der Waals surface area contributed by atoms with Crippen LogP contribution >= 0.6 is 15.9 Å². The molecule has 1 unspecified atom stereocenters. The average Bonchev–Trinajstić information content (AvgIpc) is 2.50. The van der Waals surface area contributed by atoms with Crippen LogP contribution in [0.1, 0.15) is 12.0 Å². The quantitative estimate of drug-likeness (QED) is 0.826. The van der Waals surface area contributed by atoms with Crippen LogP contribution in [-0.2, 0) is 6.42 Å². The predicted molar refractivity (Wildman–Crippen MR) is 88.9 cm³/mol. The van der Waals surface area contributed by atoms with Crippen LogP contribution in [0.25, 0.3) is 0 Å². The van der Waals surface area contributed by atoms with Crippen molar-refractivity contribution in [3.8, 4) is 11.5 Å². The van der Waals surface area contributed by atoms with Crippen molar-refractivity contribution in [3.63, 3.8) is 0 Å². The van der Waals surface area contributed by atoms with Crippen molar-refractivity contribution >= 4 is 15.9 Å². The fourth-order valence-corrected chi connectivity index (χ4v) is 2.29. The van der Waals surface area contributed by atoms with Gasteiger partial charge in [-0.2, -0.15) is 0 Å². The first-order valence-electron chi connectivity index (χ1n) is 6.94. The van der Waals surface area contributed by atoms with Crippen molar-refractivity contribution in [2.75, 3.05) is 13.7 Å². The Balaban J connectivity index is 1.73. The summed E-state index contributed by atoms with van der Waals surface area (Å²) in [6.45, 7) is 0.624. The van der Waals surface area contributed by atoms with Gasteiger partial charge in [0.2, 0.25) is 0 Å². The van der Waals surface area contributed by atoms with Gasteiger partial charge >= 0.3 is 0 Å². The van der Waals surface area contributed by atoms with Gasteiger partial charge in [-0.1, -0.05) is 28.1 Å². The molecule has 0 heterocycles. The van der Waals surface area contributed by atoms with Gasteiger partial charge in [-0.15, -0.1) is 0 Å². The van der Waals surface area contributed by atoms with Crippen molar-refractivity contribution in [1.82, 2.24) is 0 Å². The van der Waals surface area contributed by atoms with Crippen molar-refractivity contribution in [2.45, 2.75) is 18.9 Å². The largest absolute Gasteiger partial charge is 0.497 e. The molecule has 0 aromatic heterocycles. The second kappa shape index (κ2) is 8.05. The predicted octanol–water partition coefficient (Wildman–Crippen LogP) is 3.80. The molecule has 0 saturated carbocycles. The smallest absolute Gasteiger partial charge is 0.119 e. The molecule has 112 valence electrons. The first-order chi connectivity index (χ1) is 10.2.